The Bertz CT molecular complexity index is 721. The van der Waals surface area contributed by atoms with Gasteiger partial charge >= 0.3 is 0 Å². The van der Waals surface area contributed by atoms with E-state index in [2.05, 4.69) is 5.43 Å². The van der Waals surface area contributed by atoms with Crippen molar-refractivity contribution in [3.05, 3.63) is 29.3 Å². The van der Waals surface area contributed by atoms with Crippen LogP contribution in [0.2, 0.25) is 0 Å². The first-order valence-electron chi connectivity index (χ1n) is 9.15. The van der Waals surface area contributed by atoms with Gasteiger partial charge in [0, 0.05) is 31.7 Å². The third-order valence-corrected chi connectivity index (χ3v) is 7.04. The molecule has 3 rings (SSSR count). The van der Waals surface area contributed by atoms with Gasteiger partial charge in [-0.25, -0.2) is 13.4 Å². The number of amides is 1. The lowest BCUT2D eigenvalue weighted by atomic mass is 10.1. The van der Waals surface area contributed by atoms with Crippen molar-refractivity contribution in [1.29, 1.82) is 0 Å². The van der Waals surface area contributed by atoms with Gasteiger partial charge in [0.15, 0.2) is 0 Å². The molecule has 0 radical (unpaired) electrons. The first-order chi connectivity index (χ1) is 12.0. The van der Waals surface area contributed by atoms with Gasteiger partial charge in [-0.2, -0.15) is 4.31 Å². The van der Waals surface area contributed by atoms with E-state index in [0.29, 0.717) is 24.2 Å². The SMILES string of the molecule is Cc1ccc(C(=O)NN2CCCCC2)cc1S(=O)(=O)N1CCCCC1. The minimum absolute atomic E-state index is 0.239. The van der Waals surface area contributed by atoms with Crippen LogP contribution in [0.3, 0.4) is 0 Å². The minimum atomic E-state index is -3.54. The van der Waals surface area contributed by atoms with Crippen LogP contribution in [-0.2, 0) is 10.0 Å². The molecular formula is C18H27N3O3S. The highest BCUT2D eigenvalue weighted by atomic mass is 32.2. The van der Waals surface area contributed by atoms with Crippen molar-refractivity contribution >= 4 is 15.9 Å². The number of carbonyl (C=O) groups excluding carboxylic acids is 1. The van der Waals surface area contributed by atoms with Gasteiger partial charge < -0.3 is 0 Å². The van der Waals surface area contributed by atoms with Crippen LogP contribution in [0.15, 0.2) is 23.1 Å². The number of aryl methyl sites for hydroxylation is 1. The van der Waals surface area contributed by atoms with Gasteiger partial charge in [-0.3, -0.25) is 10.2 Å². The molecule has 0 atom stereocenters. The van der Waals surface area contributed by atoms with Gasteiger partial charge in [0.2, 0.25) is 10.0 Å². The Balaban J connectivity index is 1.81. The summed E-state index contributed by atoms with van der Waals surface area (Å²) in [7, 11) is -3.54. The Labute approximate surface area is 150 Å². The van der Waals surface area contributed by atoms with Crippen LogP contribution in [0, 0.1) is 6.92 Å². The number of nitrogens with one attached hydrogen (secondary N) is 1. The highest BCUT2D eigenvalue weighted by Crippen LogP contribution is 2.24. The van der Waals surface area contributed by atoms with Gasteiger partial charge in [-0.05, 0) is 50.3 Å². The molecule has 2 heterocycles. The molecule has 7 heteroatoms. The van der Waals surface area contributed by atoms with Gasteiger partial charge in [0.05, 0.1) is 4.90 Å². The number of rotatable bonds is 4. The summed E-state index contributed by atoms with van der Waals surface area (Å²) in [6.07, 6.45) is 6.20. The Morgan fingerprint density at radius 2 is 1.56 bits per heavy atom. The second kappa shape index (κ2) is 7.85. The molecular weight excluding hydrogens is 338 g/mol. The number of hydrazine groups is 1. The molecule has 0 saturated carbocycles. The van der Waals surface area contributed by atoms with Crippen LogP contribution in [0.25, 0.3) is 0 Å². The third kappa shape index (κ3) is 4.22. The number of hydrogen-bond acceptors (Lipinski definition) is 4. The van der Waals surface area contributed by atoms with E-state index in [1.807, 2.05) is 5.01 Å². The van der Waals surface area contributed by atoms with Crippen LogP contribution in [0.1, 0.15) is 54.4 Å². The van der Waals surface area contributed by atoms with E-state index in [4.69, 9.17) is 0 Å². The molecule has 0 aliphatic carbocycles. The molecule has 0 bridgehead atoms. The van der Waals surface area contributed by atoms with Gasteiger partial charge in [-0.15, -0.1) is 0 Å². The van der Waals surface area contributed by atoms with Gasteiger partial charge in [0.25, 0.3) is 5.91 Å². The predicted octanol–water partition coefficient (Wildman–Crippen LogP) is 2.30. The average Bonchev–Trinajstić information content (AvgIpc) is 2.63. The lowest BCUT2D eigenvalue weighted by Crippen LogP contribution is -2.45. The second-order valence-corrected chi connectivity index (χ2v) is 8.84. The molecule has 0 unspecified atom stereocenters. The molecule has 6 nitrogen and oxygen atoms in total. The van der Waals surface area contributed by atoms with E-state index in [1.165, 1.54) is 12.5 Å². The molecule has 25 heavy (non-hydrogen) atoms. The zero-order valence-corrected chi connectivity index (χ0v) is 15.6. The molecule has 138 valence electrons. The monoisotopic (exact) mass is 365 g/mol. The van der Waals surface area contributed by atoms with Crippen molar-refractivity contribution in [2.75, 3.05) is 26.2 Å². The van der Waals surface area contributed by atoms with Crippen molar-refractivity contribution in [2.24, 2.45) is 0 Å². The molecule has 0 aromatic heterocycles. The van der Waals surface area contributed by atoms with E-state index in [1.54, 1.807) is 23.4 Å². The molecule has 2 fully saturated rings. The number of benzene rings is 1. The number of hydrogen-bond donors (Lipinski definition) is 1. The van der Waals surface area contributed by atoms with E-state index in [0.717, 1.165) is 45.2 Å². The smallest absolute Gasteiger partial charge is 0.265 e. The normalized spacial score (nSPS) is 20.4. The topological polar surface area (TPSA) is 69.7 Å². The molecule has 0 spiro atoms. The number of nitrogens with zero attached hydrogens (tertiary/aromatic N) is 2. The Morgan fingerprint density at radius 1 is 0.960 bits per heavy atom. The quantitative estimate of drug-likeness (QED) is 0.889. The first-order valence-corrected chi connectivity index (χ1v) is 10.6. The lowest BCUT2D eigenvalue weighted by molar-refractivity contribution is 0.0750. The second-order valence-electron chi connectivity index (χ2n) is 6.93. The van der Waals surface area contributed by atoms with Crippen molar-refractivity contribution < 1.29 is 13.2 Å². The third-order valence-electron chi connectivity index (χ3n) is 5.00. The van der Waals surface area contributed by atoms with E-state index in [9.17, 15) is 13.2 Å². The van der Waals surface area contributed by atoms with Crippen LogP contribution in [0.4, 0.5) is 0 Å². The molecule has 1 aromatic carbocycles. The van der Waals surface area contributed by atoms with Crippen LogP contribution in [-0.4, -0.2) is 49.8 Å². The molecule has 1 N–H and O–H groups in total. The van der Waals surface area contributed by atoms with Crippen LogP contribution in [0.5, 0.6) is 0 Å². The number of piperidine rings is 2. The van der Waals surface area contributed by atoms with Crippen molar-refractivity contribution in [3.8, 4) is 0 Å². The maximum absolute atomic E-state index is 13.0. The summed E-state index contributed by atoms with van der Waals surface area (Å²) in [5.41, 5.74) is 3.97. The minimum Gasteiger partial charge on any atom is -0.285 e. The summed E-state index contributed by atoms with van der Waals surface area (Å²) >= 11 is 0. The van der Waals surface area contributed by atoms with E-state index in [-0.39, 0.29) is 10.8 Å². The summed E-state index contributed by atoms with van der Waals surface area (Å²) in [4.78, 5) is 12.8. The first kappa shape index (κ1) is 18.4. The van der Waals surface area contributed by atoms with E-state index < -0.39 is 10.0 Å². The van der Waals surface area contributed by atoms with Crippen LogP contribution < -0.4 is 5.43 Å². The molecule has 1 aromatic rings. The highest BCUT2D eigenvalue weighted by molar-refractivity contribution is 7.89. The Kier molecular flexibility index (Phi) is 5.76. The Hall–Kier alpha value is -1.44. The number of carbonyl (C=O) groups is 1. The maximum atomic E-state index is 13.0. The lowest BCUT2D eigenvalue weighted by Gasteiger charge is -2.28. The highest BCUT2D eigenvalue weighted by Gasteiger charge is 2.28. The summed E-state index contributed by atoms with van der Waals surface area (Å²) in [5, 5.41) is 1.92. The molecule has 2 aliphatic rings. The van der Waals surface area contributed by atoms with Gasteiger partial charge in [-0.1, -0.05) is 18.9 Å². The predicted molar refractivity (Wildman–Crippen MR) is 96.7 cm³/mol. The van der Waals surface area contributed by atoms with Crippen LogP contribution >= 0.6 is 0 Å². The molecule has 1 amide bonds. The summed E-state index contributed by atoms with van der Waals surface area (Å²) < 4.78 is 27.5. The fourth-order valence-corrected chi connectivity index (χ4v) is 5.25. The zero-order chi connectivity index (χ0) is 17.9. The zero-order valence-electron chi connectivity index (χ0n) is 14.8. The van der Waals surface area contributed by atoms with Crippen molar-refractivity contribution in [2.45, 2.75) is 50.3 Å². The number of sulfonamides is 1. The fraction of sp³-hybridized carbons (Fsp3) is 0.611. The summed E-state index contributed by atoms with van der Waals surface area (Å²) in [6, 6.07) is 4.95. The van der Waals surface area contributed by atoms with Gasteiger partial charge in [0.1, 0.15) is 0 Å². The van der Waals surface area contributed by atoms with Crippen molar-refractivity contribution in [1.82, 2.24) is 14.7 Å². The Morgan fingerprint density at radius 3 is 2.20 bits per heavy atom. The summed E-state index contributed by atoms with van der Waals surface area (Å²) in [6.45, 7) is 4.59. The maximum Gasteiger partial charge on any atom is 0.265 e. The molecule has 2 aliphatic heterocycles. The van der Waals surface area contributed by atoms with Crippen molar-refractivity contribution in [3.63, 3.8) is 0 Å². The largest absolute Gasteiger partial charge is 0.285 e. The standard InChI is InChI=1S/C18H27N3O3S/c1-15-8-9-16(18(22)19-20-10-4-2-5-11-20)14-17(15)25(23,24)21-12-6-3-7-13-21/h8-9,14H,2-7,10-13H2,1H3,(H,19,22). The van der Waals surface area contributed by atoms with E-state index >= 15 is 0 Å². The average molecular weight is 365 g/mol. The fourth-order valence-electron chi connectivity index (χ4n) is 3.48. The molecule has 2 saturated heterocycles. The summed E-state index contributed by atoms with van der Waals surface area (Å²) in [5.74, 6) is -0.239.